The van der Waals surface area contributed by atoms with Gasteiger partial charge in [0.25, 0.3) is 0 Å². The smallest absolute Gasteiger partial charge is 0.245 e. The lowest BCUT2D eigenvalue weighted by Gasteiger charge is -2.47. The highest BCUT2D eigenvalue weighted by atomic mass is 35.5. The molecule has 3 aromatic rings. The molecule has 0 saturated carbocycles. The summed E-state index contributed by atoms with van der Waals surface area (Å²) in [7, 11) is 0. The molecule has 6 rings (SSSR count). The van der Waals surface area contributed by atoms with Crippen LogP contribution in [0.15, 0.2) is 72.8 Å². The van der Waals surface area contributed by atoms with Crippen LogP contribution < -0.4 is 10.6 Å². The standard InChI is InChI=1S/C36H43ClN4O2/c1-25(2)21-36(22-27-7-3-4-8-28(27)23-36)41-17-15-40(16-18-41)35(43)33(19-26-11-13-30(37)14-12-26)39-34(42)20-32-31-10-6-5-9-29(31)24-38-32/h3-14,25,32-33,38H,15-24H2,1-2H3,(H,39,42). The van der Waals surface area contributed by atoms with E-state index in [1.807, 2.05) is 41.3 Å². The number of hydrogen-bond donors (Lipinski definition) is 2. The lowest BCUT2D eigenvalue weighted by atomic mass is 9.83. The molecule has 226 valence electrons. The Bertz CT molecular complexity index is 1420. The van der Waals surface area contributed by atoms with Gasteiger partial charge in [-0.3, -0.25) is 14.5 Å². The second-order valence-electron chi connectivity index (χ2n) is 13.0. The third-order valence-corrected chi connectivity index (χ3v) is 9.81. The van der Waals surface area contributed by atoms with Crippen molar-refractivity contribution in [1.82, 2.24) is 20.4 Å². The molecular formula is C36H43ClN4O2. The predicted octanol–water partition coefficient (Wildman–Crippen LogP) is 5.33. The highest BCUT2D eigenvalue weighted by Gasteiger charge is 2.44. The third-order valence-electron chi connectivity index (χ3n) is 9.55. The third kappa shape index (κ3) is 6.67. The number of amides is 2. The molecule has 2 atom stereocenters. The second kappa shape index (κ2) is 12.8. The van der Waals surface area contributed by atoms with Gasteiger partial charge in [0.2, 0.25) is 11.8 Å². The molecule has 43 heavy (non-hydrogen) atoms. The van der Waals surface area contributed by atoms with Gasteiger partial charge in [-0.15, -0.1) is 0 Å². The van der Waals surface area contributed by atoms with E-state index in [4.69, 9.17) is 11.6 Å². The molecule has 2 heterocycles. The number of piperazine rings is 1. The summed E-state index contributed by atoms with van der Waals surface area (Å²) in [4.78, 5) is 32.0. The van der Waals surface area contributed by atoms with Crippen molar-refractivity contribution in [2.75, 3.05) is 26.2 Å². The molecule has 1 aliphatic carbocycles. The molecule has 2 unspecified atom stereocenters. The molecule has 2 aliphatic heterocycles. The largest absolute Gasteiger partial charge is 0.344 e. The van der Waals surface area contributed by atoms with Gasteiger partial charge in [0.1, 0.15) is 6.04 Å². The van der Waals surface area contributed by atoms with Gasteiger partial charge in [-0.2, -0.15) is 0 Å². The maximum atomic E-state index is 14.1. The van der Waals surface area contributed by atoms with E-state index in [-0.39, 0.29) is 23.4 Å². The Morgan fingerprint density at radius 1 is 0.907 bits per heavy atom. The summed E-state index contributed by atoms with van der Waals surface area (Å²) in [6.45, 7) is 8.41. The summed E-state index contributed by atoms with van der Waals surface area (Å²) in [5, 5.41) is 7.24. The SMILES string of the molecule is CC(C)CC1(N2CCN(C(=O)C(Cc3ccc(Cl)cc3)NC(=O)CC3NCc4ccccc43)CC2)Cc2ccccc2C1. The summed E-state index contributed by atoms with van der Waals surface area (Å²) in [5.74, 6) is 0.476. The Balaban J connectivity index is 1.14. The summed E-state index contributed by atoms with van der Waals surface area (Å²) < 4.78 is 0. The number of hydrogen-bond acceptors (Lipinski definition) is 4. The summed E-state index contributed by atoms with van der Waals surface area (Å²) in [6, 6.07) is 24.0. The molecule has 2 N–H and O–H groups in total. The van der Waals surface area contributed by atoms with Gasteiger partial charge in [-0.05, 0) is 65.1 Å². The van der Waals surface area contributed by atoms with Crippen molar-refractivity contribution in [1.29, 1.82) is 0 Å². The Labute approximate surface area is 260 Å². The van der Waals surface area contributed by atoms with Crippen LogP contribution in [-0.2, 0) is 35.4 Å². The van der Waals surface area contributed by atoms with Gasteiger partial charge in [0, 0.05) is 62.2 Å². The number of rotatable bonds is 9. The Kier molecular flexibility index (Phi) is 8.90. The van der Waals surface area contributed by atoms with Crippen molar-refractivity contribution in [2.45, 2.75) is 70.1 Å². The topological polar surface area (TPSA) is 64.7 Å². The van der Waals surface area contributed by atoms with E-state index in [2.05, 4.69) is 65.8 Å². The first kappa shape index (κ1) is 29.9. The zero-order valence-corrected chi connectivity index (χ0v) is 26.1. The Morgan fingerprint density at radius 2 is 1.53 bits per heavy atom. The predicted molar refractivity (Wildman–Crippen MR) is 172 cm³/mol. The molecule has 3 aliphatic rings. The zero-order chi connectivity index (χ0) is 30.0. The van der Waals surface area contributed by atoms with Crippen LogP contribution in [0.2, 0.25) is 5.02 Å². The van der Waals surface area contributed by atoms with Crippen molar-refractivity contribution in [3.63, 3.8) is 0 Å². The van der Waals surface area contributed by atoms with Crippen molar-refractivity contribution in [2.24, 2.45) is 5.92 Å². The van der Waals surface area contributed by atoms with E-state index in [9.17, 15) is 9.59 Å². The number of benzene rings is 3. The molecule has 1 fully saturated rings. The lowest BCUT2D eigenvalue weighted by molar-refractivity contribution is -0.139. The fourth-order valence-electron chi connectivity index (χ4n) is 7.61. The van der Waals surface area contributed by atoms with Crippen LogP contribution in [-0.4, -0.2) is 59.4 Å². The van der Waals surface area contributed by atoms with Gasteiger partial charge < -0.3 is 15.5 Å². The van der Waals surface area contributed by atoms with Crippen LogP contribution in [0.1, 0.15) is 60.5 Å². The van der Waals surface area contributed by atoms with Crippen LogP contribution in [0.3, 0.4) is 0 Å². The number of carbonyl (C=O) groups is 2. The molecule has 3 aromatic carbocycles. The first-order valence-corrected chi connectivity index (χ1v) is 16.1. The van der Waals surface area contributed by atoms with E-state index in [0.717, 1.165) is 44.5 Å². The van der Waals surface area contributed by atoms with Gasteiger partial charge in [-0.1, -0.05) is 86.1 Å². The highest BCUT2D eigenvalue weighted by molar-refractivity contribution is 6.30. The second-order valence-corrected chi connectivity index (χ2v) is 13.5. The summed E-state index contributed by atoms with van der Waals surface area (Å²) in [5.41, 5.74) is 6.41. The molecule has 0 spiro atoms. The van der Waals surface area contributed by atoms with E-state index >= 15 is 0 Å². The number of nitrogens with one attached hydrogen (secondary N) is 2. The maximum Gasteiger partial charge on any atom is 0.245 e. The number of fused-ring (bicyclic) bond motifs is 2. The van der Waals surface area contributed by atoms with Crippen LogP contribution in [0.25, 0.3) is 0 Å². The zero-order valence-electron chi connectivity index (χ0n) is 25.3. The van der Waals surface area contributed by atoms with Crippen LogP contribution in [0.4, 0.5) is 0 Å². The van der Waals surface area contributed by atoms with Crippen molar-refractivity contribution >= 4 is 23.4 Å². The summed E-state index contributed by atoms with van der Waals surface area (Å²) in [6.07, 6.45) is 4.02. The highest BCUT2D eigenvalue weighted by Crippen LogP contribution is 2.39. The molecule has 1 saturated heterocycles. The first-order valence-electron chi connectivity index (χ1n) is 15.8. The molecule has 0 aromatic heterocycles. The van der Waals surface area contributed by atoms with Gasteiger partial charge in [0.15, 0.2) is 0 Å². The Hall–Kier alpha value is -3.19. The minimum Gasteiger partial charge on any atom is -0.344 e. The van der Waals surface area contributed by atoms with Gasteiger partial charge >= 0.3 is 0 Å². The number of nitrogens with zero attached hydrogens (tertiary/aromatic N) is 2. The van der Waals surface area contributed by atoms with Crippen LogP contribution in [0, 0.1) is 5.92 Å². The molecule has 0 bridgehead atoms. The monoisotopic (exact) mass is 598 g/mol. The van der Waals surface area contributed by atoms with Crippen LogP contribution >= 0.6 is 11.6 Å². The van der Waals surface area contributed by atoms with Gasteiger partial charge in [0.05, 0.1) is 0 Å². The van der Waals surface area contributed by atoms with Gasteiger partial charge in [-0.25, -0.2) is 0 Å². The van der Waals surface area contributed by atoms with E-state index in [1.165, 1.54) is 22.3 Å². The molecular weight excluding hydrogens is 556 g/mol. The fraction of sp³-hybridized carbons (Fsp3) is 0.444. The fourth-order valence-corrected chi connectivity index (χ4v) is 7.73. The quantitative estimate of drug-likeness (QED) is 0.349. The van der Waals surface area contributed by atoms with E-state index in [0.29, 0.717) is 36.9 Å². The minimum atomic E-state index is -0.628. The van der Waals surface area contributed by atoms with E-state index < -0.39 is 6.04 Å². The number of halogens is 1. The lowest BCUT2D eigenvalue weighted by Crippen LogP contribution is -2.61. The molecule has 2 amide bonds. The molecule has 7 heteroatoms. The molecule has 0 radical (unpaired) electrons. The molecule has 6 nitrogen and oxygen atoms in total. The average Bonchev–Trinajstić information content (AvgIpc) is 3.59. The minimum absolute atomic E-state index is 0.00431. The first-order chi connectivity index (χ1) is 20.8. The van der Waals surface area contributed by atoms with Crippen molar-refractivity contribution in [3.8, 4) is 0 Å². The van der Waals surface area contributed by atoms with Crippen molar-refractivity contribution in [3.05, 3.63) is 106 Å². The number of carbonyl (C=O) groups excluding carboxylic acids is 2. The van der Waals surface area contributed by atoms with E-state index in [1.54, 1.807) is 0 Å². The maximum absolute atomic E-state index is 14.1. The van der Waals surface area contributed by atoms with Crippen LogP contribution in [0.5, 0.6) is 0 Å². The summed E-state index contributed by atoms with van der Waals surface area (Å²) >= 11 is 6.14. The van der Waals surface area contributed by atoms with Crippen molar-refractivity contribution < 1.29 is 9.59 Å². The average molecular weight is 599 g/mol. The normalized spacial score (nSPS) is 20.1. The Morgan fingerprint density at radius 3 is 2.19 bits per heavy atom.